The van der Waals surface area contributed by atoms with Gasteiger partial charge >= 0.3 is 18.1 Å². The smallest absolute Gasteiger partial charge is 0.468 e. The number of hydrogen-bond donors (Lipinski definition) is 0. The Morgan fingerprint density at radius 1 is 1.41 bits per heavy atom. The number of likely N-dealkylation sites (tertiary alicyclic amines) is 1. The molecule has 0 aliphatic carbocycles. The summed E-state index contributed by atoms with van der Waals surface area (Å²) in [4.78, 5) is 33.8. The molecule has 1 fully saturated rings. The number of hydrogen-bond acceptors (Lipinski definition) is 4. The summed E-state index contributed by atoms with van der Waals surface area (Å²) in [6, 6.07) is 0. The molecule has 96 valence electrons. The van der Waals surface area contributed by atoms with E-state index in [2.05, 4.69) is 4.74 Å². The van der Waals surface area contributed by atoms with Gasteiger partial charge in [-0.1, -0.05) is 0 Å². The van der Waals surface area contributed by atoms with Crippen LogP contribution in [-0.2, 0) is 19.1 Å². The van der Waals surface area contributed by atoms with Crippen molar-refractivity contribution in [1.29, 1.82) is 0 Å². The normalized spacial score (nSPS) is 21.3. The fourth-order valence-corrected chi connectivity index (χ4v) is 1.54. The van der Waals surface area contributed by atoms with Gasteiger partial charge in [-0.25, -0.2) is 0 Å². The molecule has 0 bridgehead atoms. The molecule has 8 heteroatoms. The molecule has 1 aliphatic rings. The minimum Gasteiger partial charge on any atom is -0.468 e. The van der Waals surface area contributed by atoms with E-state index in [1.165, 1.54) is 0 Å². The predicted molar refractivity (Wildman–Crippen MR) is 47.8 cm³/mol. The number of esters is 1. The highest BCUT2D eigenvalue weighted by atomic mass is 19.4. The number of rotatable bonds is 1. The van der Waals surface area contributed by atoms with E-state index in [0.717, 1.165) is 7.11 Å². The molecular weight excluding hydrogens is 243 g/mol. The second-order valence-corrected chi connectivity index (χ2v) is 3.54. The maximum Gasteiger partial charge on any atom is 0.471 e. The molecule has 1 unspecified atom stereocenters. The van der Waals surface area contributed by atoms with Crippen molar-refractivity contribution in [2.75, 3.05) is 20.2 Å². The van der Waals surface area contributed by atoms with Crippen molar-refractivity contribution >= 4 is 17.7 Å². The van der Waals surface area contributed by atoms with Crippen LogP contribution < -0.4 is 0 Å². The molecule has 5 nitrogen and oxygen atoms in total. The molecule has 0 spiro atoms. The average Bonchev–Trinajstić information content (AvgIpc) is 2.26. The van der Waals surface area contributed by atoms with E-state index in [0.29, 0.717) is 4.90 Å². The molecule has 0 aromatic carbocycles. The number of piperidine rings is 1. The number of nitrogens with zero attached hydrogens (tertiary/aromatic N) is 1. The second kappa shape index (κ2) is 4.72. The Balaban J connectivity index is 2.77. The van der Waals surface area contributed by atoms with Crippen LogP contribution in [0.25, 0.3) is 0 Å². The van der Waals surface area contributed by atoms with Gasteiger partial charge in [0.1, 0.15) is 5.92 Å². The van der Waals surface area contributed by atoms with Gasteiger partial charge in [0.15, 0.2) is 5.78 Å². The van der Waals surface area contributed by atoms with Crippen LogP contribution in [0.2, 0.25) is 0 Å². The van der Waals surface area contributed by atoms with E-state index in [1.54, 1.807) is 0 Å². The van der Waals surface area contributed by atoms with E-state index in [4.69, 9.17) is 0 Å². The quantitative estimate of drug-likeness (QED) is 0.492. The summed E-state index contributed by atoms with van der Waals surface area (Å²) in [7, 11) is 1.03. The van der Waals surface area contributed by atoms with Crippen LogP contribution >= 0.6 is 0 Å². The van der Waals surface area contributed by atoms with Crippen LogP contribution in [0.5, 0.6) is 0 Å². The van der Waals surface area contributed by atoms with Gasteiger partial charge in [0.2, 0.25) is 0 Å². The minimum atomic E-state index is -5.00. The number of ketones is 1. The zero-order valence-corrected chi connectivity index (χ0v) is 8.91. The summed E-state index contributed by atoms with van der Waals surface area (Å²) in [6.07, 6.45) is -5.28. The fourth-order valence-electron chi connectivity index (χ4n) is 1.54. The summed E-state index contributed by atoms with van der Waals surface area (Å²) in [5, 5.41) is 0. The van der Waals surface area contributed by atoms with E-state index in [1.807, 2.05) is 0 Å². The number of ether oxygens (including phenoxy) is 1. The van der Waals surface area contributed by atoms with E-state index in [-0.39, 0.29) is 13.0 Å². The van der Waals surface area contributed by atoms with Crippen LogP contribution in [-0.4, -0.2) is 48.9 Å². The molecular formula is C9H10F3NO4. The molecule has 1 atom stereocenters. The highest BCUT2D eigenvalue weighted by Gasteiger charge is 2.46. The van der Waals surface area contributed by atoms with Gasteiger partial charge in [-0.05, 0) is 0 Å². The first-order chi connectivity index (χ1) is 7.77. The van der Waals surface area contributed by atoms with Gasteiger partial charge in [-0.3, -0.25) is 14.4 Å². The summed E-state index contributed by atoms with van der Waals surface area (Å²) < 4.78 is 40.7. The average molecular weight is 253 g/mol. The van der Waals surface area contributed by atoms with Crippen LogP contribution in [0, 0.1) is 5.92 Å². The molecule has 17 heavy (non-hydrogen) atoms. The topological polar surface area (TPSA) is 63.7 Å². The lowest BCUT2D eigenvalue weighted by Crippen LogP contribution is -2.51. The number of amides is 1. The molecule has 1 rings (SSSR count). The Bertz CT molecular complexity index is 345. The number of carbonyl (C=O) groups is 3. The largest absolute Gasteiger partial charge is 0.471 e. The molecule has 0 radical (unpaired) electrons. The molecule has 0 saturated carbocycles. The molecule has 1 heterocycles. The van der Waals surface area contributed by atoms with Crippen LogP contribution in [0.15, 0.2) is 0 Å². The van der Waals surface area contributed by atoms with Gasteiger partial charge < -0.3 is 9.64 Å². The molecule has 0 aromatic rings. The lowest BCUT2D eigenvalue weighted by Gasteiger charge is -2.30. The minimum absolute atomic E-state index is 0.276. The SMILES string of the molecule is COC(=O)C1CN(C(=O)C(F)(F)F)CCC1=O. The lowest BCUT2D eigenvalue weighted by atomic mass is 9.96. The zero-order chi connectivity index (χ0) is 13.2. The monoisotopic (exact) mass is 253 g/mol. The number of methoxy groups -OCH3 is 1. The molecule has 0 N–H and O–H groups in total. The third kappa shape index (κ3) is 2.95. The third-order valence-electron chi connectivity index (χ3n) is 2.44. The van der Waals surface area contributed by atoms with Crippen molar-refractivity contribution in [3.8, 4) is 0 Å². The van der Waals surface area contributed by atoms with E-state index < -0.39 is 36.3 Å². The van der Waals surface area contributed by atoms with Crippen molar-refractivity contribution in [2.24, 2.45) is 5.92 Å². The first kappa shape index (κ1) is 13.5. The van der Waals surface area contributed by atoms with Crippen molar-refractivity contribution in [2.45, 2.75) is 12.6 Å². The summed E-state index contributed by atoms with van der Waals surface area (Å²) in [6.45, 7) is -0.908. The van der Waals surface area contributed by atoms with Gasteiger partial charge in [-0.15, -0.1) is 0 Å². The van der Waals surface area contributed by atoms with Crippen molar-refractivity contribution in [1.82, 2.24) is 4.90 Å². The van der Waals surface area contributed by atoms with Crippen LogP contribution in [0.3, 0.4) is 0 Å². The number of alkyl halides is 3. The summed E-state index contributed by atoms with van der Waals surface area (Å²) in [5.74, 6) is -4.79. The number of halogens is 3. The standard InChI is InChI=1S/C9H10F3NO4/c1-17-7(15)5-4-13(3-2-6(5)14)8(16)9(10,11)12/h5H,2-4H2,1H3. The first-order valence-corrected chi connectivity index (χ1v) is 4.74. The van der Waals surface area contributed by atoms with Gasteiger partial charge in [-0.2, -0.15) is 13.2 Å². The van der Waals surface area contributed by atoms with E-state index in [9.17, 15) is 27.6 Å². The van der Waals surface area contributed by atoms with Crippen molar-refractivity contribution < 1.29 is 32.3 Å². The highest BCUT2D eigenvalue weighted by Crippen LogP contribution is 2.22. The van der Waals surface area contributed by atoms with Crippen molar-refractivity contribution in [3.63, 3.8) is 0 Å². The Morgan fingerprint density at radius 2 is 2.00 bits per heavy atom. The predicted octanol–water partition coefficient (Wildman–Crippen LogP) is 0.139. The summed E-state index contributed by atoms with van der Waals surface area (Å²) in [5.41, 5.74) is 0. The van der Waals surface area contributed by atoms with Crippen LogP contribution in [0.1, 0.15) is 6.42 Å². The maximum absolute atomic E-state index is 12.1. The Labute approximate surface area is 94.5 Å². The van der Waals surface area contributed by atoms with Gasteiger partial charge in [0, 0.05) is 19.5 Å². The van der Waals surface area contributed by atoms with Gasteiger partial charge in [0.25, 0.3) is 0 Å². The van der Waals surface area contributed by atoms with Gasteiger partial charge in [0.05, 0.1) is 7.11 Å². The van der Waals surface area contributed by atoms with Crippen LogP contribution in [0.4, 0.5) is 13.2 Å². The Hall–Kier alpha value is -1.60. The third-order valence-corrected chi connectivity index (χ3v) is 2.44. The first-order valence-electron chi connectivity index (χ1n) is 4.74. The Kier molecular flexibility index (Phi) is 3.74. The number of Topliss-reactive ketones (excluding diaryl/α,β-unsaturated/α-hetero) is 1. The maximum atomic E-state index is 12.1. The lowest BCUT2D eigenvalue weighted by molar-refractivity contribution is -0.188. The number of carbonyl (C=O) groups excluding carboxylic acids is 3. The molecule has 1 amide bonds. The molecule has 1 aliphatic heterocycles. The highest BCUT2D eigenvalue weighted by molar-refractivity contribution is 6.00. The zero-order valence-electron chi connectivity index (χ0n) is 8.91. The second-order valence-electron chi connectivity index (χ2n) is 3.54. The molecule has 1 saturated heterocycles. The summed E-state index contributed by atoms with van der Waals surface area (Å²) >= 11 is 0. The molecule has 0 aromatic heterocycles. The Morgan fingerprint density at radius 3 is 2.47 bits per heavy atom. The fraction of sp³-hybridized carbons (Fsp3) is 0.667. The van der Waals surface area contributed by atoms with Crippen molar-refractivity contribution in [3.05, 3.63) is 0 Å². The van der Waals surface area contributed by atoms with E-state index >= 15 is 0 Å².